The minimum Gasteiger partial charge on any atom is -0.463 e. The van der Waals surface area contributed by atoms with E-state index in [2.05, 4.69) is 21.3 Å². The van der Waals surface area contributed by atoms with Gasteiger partial charge in [0.05, 0.1) is 18.2 Å². The van der Waals surface area contributed by atoms with E-state index in [1.807, 2.05) is 12.3 Å². The van der Waals surface area contributed by atoms with Crippen LogP contribution in [0.3, 0.4) is 0 Å². The van der Waals surface area contributed by atoms with Crippen LogP contribution in [0, 0.1) is 5.92 Å². The molecule has 1 atom stereocenters. The van der Waals surface area contributed by atoms with Gasteiger partial charge in [-0.05, 0) is 44.0 Å². The van der Waals surface area contributed by atoms with E-state index < -0.39 is 0 Å². The largest absolute Gasteiger partial charge is 0.463 e. The van der Waals surface area contributed by atoms with Crippen LogP contribution in [0.4, 0.5) is 0 Å². The van der Waals surface area contributed by atoms with E-state index in [1.54, 1.807) is 6.26 Å². The molecule has 4 heteroatoms. The summed E-state index contributed by atoms with van der Waals surface area (Å²) >= 11 is 0. The van der Waals surface area contributed by atoms with Crippen LogP contribution in [0.5, 0.6) is 0 Å². The maximum absolute atomic E-state index is 5.32. The van der Waals surface area contributed by atoms with Gasteiger partial charge < -0.3 is 14.6 Å². The Hall–Kier alpha value is -1.39. The maximum atomic E-state index is 5.32. The summed E-state index contributed by atoms with van der Waals surface area (Å²) in [6.07, 6.45) is 6.25. The molecule has 1 N–H and O–H groups in total. The Labute approximate surface area is 112 Å². The van der Waals surface area contributed by atoms with E-state index in [9.17, 15) is 0 Å². The van der Waals surface area contributed by atoms with Crippen LogP contribution in [0.25, 0.3) is 11.0 Å². The smallest absolute Gasteiger partial charge is 0.152 e. The van der Waals surface area contributed by atoms with Gasteiger partial charge in [-0.3, -0.25) is 4.98 Å². The first kappa shape index (κ1) is 11.4. The average Bonchev–Trinajstić information content (AvgIpc) is 2.94. The van der Waals surface area contributed by atoms with E-state index in [0.29, 0.717) is 6.04 Å². The van der Waals surface area contributed by atoms with E-state index >= 15 is 0 Å². The molecule has 0 unspecified atom stereocenters. The predicted molar refractivity (Wildman–Crippen MR) is 73.8 cm³/mol. The van der Waals surface area contributed by atoms with Crippen molar-refractivity contribution < 1.29 is 4.42 Å². The quantitative estimate of drug-likeness (QED) is 0.913. The van der Waals surface area contributed by atoms with Gasteiger partial charge in [-0.15, -0.1) is 0 Å². The van der Waals surface area contributed by atoms with Crippen molar-refractivity contribution in [1.29, 1.82) is 0 Å². The highest BCUT2D eigenvalue weighted by Gasteiger charge is 2.33. The van der Waals surface area contributed by atoms with E-state index in [0.717, 1.165) is 29.1 Å². The molecule has 0 saturated carbocycles. The Morgan fingerprint density at radius 3 is 3.05 bits per heavy atom. The average molecular weight is 257 g/mol. The number of aromatic nitrogens is 1. The number of fused-ring (bicyclic) bond motifs is 4. The van der Waals surface area contributed by atoms with Gasteiger partial charge in [-0.25, -0.2) is 0 Å². The number of nitrogens with zero attached hydrogens (tertiary/aromatic N) is 2. The second-order valence-electron chi connectivity index (χ2n) is 5.76. The molecule has 3 aliphatic rings. The molecule has 2 aromatic rings. The summed E-state index contributed by atoms with van der Waals surface area (Å²) in [7, 11) is 0. The van der Waals surface area contributed by atoms with Crippen LogP contribution in [0.15, 0.2) is 29.0 Å². The first-order valence-electron chi connectivity index (χ1n) is 7.16. The molecule has 5 heterocycles. The summed E-state index contributed by atoms with van der Waals surface area (Å²) in [5.41, 5.74) is 1.97. The van der Waals surface area contributed by atoms with Crippen molar-refractivity contribution in [3.63, 3.8) is 0 Å². The summed E-state index contributed by atoms with van der Waals surface area (Å²) in [5.74, 6) is 0.864. The van der Waals surface area contributed by atoms with E-state index in [-0.39, 0.29) is 0 Å². The molecule has 2 bridgehead atoms. The minimum absolute atomic E-state index is 0.643. The molecular formula is C15H19N3O. The van der Waals surface area contributed by atoms with Gasteiger partial charge in [0, 0.05) is 24.5 Å². The van der Waals surface area contributed by atoms with Crippen molar-refractivity contribution in [2.75, 3.05) is 19.6 Å². The Bertz CT molecular complexity index is 572. The highest BCUT2D eigenvalue weighted by molar-refractivity contribution is 5.76. The lowest BCUT2D eigenvalue weighted by Gasteiger charge is -2.45. The third-order valence-corrected chi connectivity index (χ3v) is 4.60. The fourth-order valence-electron chi connectivity index (χ4n) is 3.44. The zero-order valence-electron chi connectivity index (χ0n) is 11.0. The number of hydrogen-bond acceptors (Lipinski definition) is 4. The Morgan fingerprint density at radius 2 is 2.26 bits per heavy atom. The third-order valence-electron chi connectivity index (χ3n) is 4.60. The molecule has 19 heavy (non-hydrogen) atoms. The summed E-state index contributed by atoms with van der Waals surface area (Å²) in [5, 5.41) is 4.83. The number of piperidine rings is 3. The minimum atomic E-state index is 0.643. The number of hydrogen-bond donors (Lipinski definition) is 1. The van der Waals surface area contributed by atoms with Crippen LogP contribution in [0.1, 0.15) is 18.5 Å². The summed E-state index contributed by atoms with van der Waals surface area (Å²) < 4.78 is 5.32. The molecule has 3 saturated heterocycles. The lowest BCUT2D eigenvalue weighted by Crippen LogP contribution is -2.55. The van der Waals surface area contributed by atoms with Crippen molar-refractivity contribution in [3.05, 3.63) is 30.3 Å². The second-order valence-corrected chi connectivity index (χ2v) is 5.76. The van der Waals surface area contributed by atoms with E-state index in [1.165, 1.54) is 32.5 Å². The third kappa shape index (κ3) is 2.15. The predicted octanol–water partition coefficient (Wildman–Crippen LogP) is 2.01. The molecule has 2 aromatic heterocycles. The van der Waals surface area contributed by atoms with Crippen LogP contribution < -0.4 is 5.32 Å². The summed E-state index contributed by atoms with van der Waals surface area (Å²) in [6, 6.07) is 4.76. The van der Waals surface area contributed by atoms with Gasteiger partial charge in [-0.2, -0.15) is 0 Å². The molecule has 3 aliphatic heterocycles. The van der Waals surface area contributed by atoms with E-state index in [4.69, 9.17) is 4.42 Å². The monoisotopic (exact) mass is 257 g/mol. The van der Waals surface area contributed by atoms with Crippen molar-refractivity contribution in [2.24, 2.45) is 5.92 Å². The summed E-state index contributed by atoms with van der Waals surface area (Å²) in [6.45, 7) is 4.65. The lowest BCUT2D eigenvalue weighted by molar-refractivity contribution is 0.0718. The molecule has 4 nitrogen and oxygen atoms in total. The van der Waals surface area contributed by atoms with Gasteiger partial charge >= 0.3 is 0 Å². The Kier molecular flexibility index (Phi) is 2.78. The van der Waals surface area contributed by atoms with Gasteiger partial charge in [-0.1, -0.05) is 0 Å². The van der Waals surface area contributed by atoms with Crippen LogP contribution in [-0.2, 0) is 6.54 Å². The van der Waals surface area contributed by atoms with Gasteiger partial charge in [0.2, 0.25) is 0 Å². The molecule has 0 spiro atoms. The van der Waals surface area contributed by atoms with Crippen LogP contribution in [0.2, 0.25) is 0 Å². The van der Waals surface area contributed by atoms with Gasteiger partial charge in [0.1, 0.15) is 0 Å². The highest BCUT2D eigenvalue weighted by atomic mass is 16.3. The SMILES string of the molecule is c1cc2cc(CN[C@H]3CN4CCC3CC4)ncc2o1. The van der Waals surface area contributed by atoms with Crippen LogP contribution >= 0.6 is 0 Å². The Balaban J connectivity index is 1.44. The van der Waals surface area contributed by atoms with Crippen molar-refractivity contribution in [2.45, 2.75) is 25.4 Å². The second kappa shape index (κ2) is 4.62. The molecular weight excluding hydrogens is 238 g/mol. The first-order valence-corrected chi connectivity index (χ1v) is 7.16. The fourth-order valence-corrected chi connectivity index (χ4v) is 3.44. The molecule has 0 amide bonds. The maximum Gasteiger partial charge on any atom is 0.152 e. The first-order chi connectivity index (χ1) is 9.38. The Morgan fingerprint density at radius 1 is 1.37 bits per heavy atom. The standard InChI is InChI=1S/C15H19N3O/c1-4-18-5-2-11(1)14(10-18)17-8-13-7-12-3-6-19-15(12)9-16-13/h3,6-7,9,11,14,17H,1-2,4-5,8,10H2/t14-/m0/s1. The molecule has 0 aromatic carbocycles. The lowest BCUT2D eigenvalue weighted by atomic mass is 9.84. The number of pyridine rings is 1. The fraction of sp³-hybridized carbons (Fsp3) is 0.533. The van der Waals surface area contributed by atoms with Crippen molar-refractivity contribution in [3.8, 4) is 0 Å². The van der Waals surface area contributed by atoms with Crippen molar-refractivity contribution >= 4 is 11.0 Å². The van der Waals surface area contributed by atoms with Gasteiger partial charge in [0.15, 0.2) is 5.58 Å². The molecule has 0 aliphatic carbocycles. The summed E-state index contributed by atoms with van der Waals surface area (Å²) in [4.78, 5) is 7.03. The molecule has 100 valence electrons. The number of rotatable bonds is 3. The number of furan rings is 1. The zero-order valence-corrected chi connectivity index (χ0v) is 11.0. The highest BCUT2D eigenvalue weighted by Crippen LogP contribution is 2.27. The van der Waals surface area contributed by atoms with Crippen molar-refractivity contribution in [1.82, 2.24) is 15.2 Å². The molecule has 3 fully saturated rings. The topological polar surface area (TPSA) is 41.3 Å². The van der Waals surface area contributed by atoms with Gasteiger partial charge in [0.25, 0.3) is 0 Å². The molecule has 5 rings (SSSR count). The normalized spacial score (nSPS) is 30.0. The number of nitrogens with one attached hydrogen (secondary N) is 1. The molecule has 0 radical (unpaired) electrons. The zero-order chi connectivity index (χ0) is 12.7. The van der Waals surface area contributed by atoms with Crippen LogP contribution in [-0.4, -0.2) is 35.6 Å².